The second-order valence-electron chi connectivity index (χ2n) is 4.69. The second-order valence-corrected chi connectivity index (χ2v) is 4.69. The molecule has 0 atom stereocenters. The summed E-state index contributed by atoms with van der Waals surface area (Å²) >= 11 is 0. The molecule has 0 N–H and O–H groups in total. The van der Waals surface area contributed by atoms with Gasteiger partial charge in [0.2, 0.25) is 0 Å². The zero-order valence-electron chi connectivity index (χ0n) is 11.4. The highest BCUT2D eigenvalue weighted by Crippen LogP contribution is 2.15. The lowest BCUT2D eigenvalue weighted by Crippen LogP contribution is -2.22. The minimum Gasteiger partial charge on any atom is -0.353 e. The molecule has 18 heavy (non-hydrogen) atoms. The van der Waals surface area contributed by atoms with Crippen molar-refractivity contribution in [3.8, 4) is 0 Å². The number of anilines is 1. The van der Waals surface area contributed by atoms with Gasteiger partial charge in [-0.15, -0.1) is 0 Å². The predicted molar refractivity (Wildman–Crippen MR) is 76.9 cm³/mol. The number of benzene rings is 1. The van der Waals surface area contributed by atoms with E-state index in [0.29, 0.717) is 0 Å². The van der Waals surface area contributed by atoms with E-state index in [1.165, 1.54) is 16.7 Å². The van der Waals surface area contributed by atoms with E-state index in [0.717, 1.165) is 18.9 Å². The first-order valence-corrected chi connectivity index (χ1v) is 6.42. The number of aromatic nitrogens is 1. The number of nitrogens with zero attached hydrogens (tertiary/aromatic N) is 2. The van der Waals surface area contributed by atoms with E-state index in [2.05, 4.69) is 67.1 Å². The smallest absolute Gasteiger partial charge is 0.128 e. The van der Waals surface area contributed by atoms with Crippen molar-refractivity contribution in [2.75, 3.05) is 11.4 Å². The molecule has 2 nitrogen and oxygen atoms in total. The topological polar surface area (TPSA) is 16.1 Å². The van der Waals surface area contributed by atoms with Crippen LogP contribution in [0.2, 0.25) is 0 Å². The molecule has 1 heterocycles. The van der Waals surface area contributed by atoms with Crippen molar-refractivity contribution in [2.45, 2.75) is 27.3 Å². The molecule has 0 bridgehead atoms. The first-order chi connectivity index (χ1) is 8.69. The fourth-order valence-corrected chi connectivity index (χ4v) is 1.92. The SMILES string of the molecule is CCN(Cc1ccc(C)cc1)c1ccc(C)cn1. The van der Waals surface area contributed by atoms with Crippen LogP contribution in [0, 0.1) is 13.8 Å². The monoisotopic (exact) mass is 240 g/mol. The summed E-state index contributed by atoms with van der Waals surface area (Å²) in [5.74, 6) is 1.05. The van der Waals surface area contributed by atoms with Gasteiger partial charge in [0.05, 0.1) is 0 Å². The van der Waals surface area contributed by atoms with Gasteiger partial charge in [-0.25, -0.2) is 4.98 Å². The molecule has 94 valence electrons. The maximum Gasteiger partial charge on any atom is 0.128 e. The largest absolute Gasteiger partial charge is 0.353 e. The third-order valence-electron chi connectivity index (χ3n) is 3.10. The van der Waals surface area contributed by atoms with E-state index in [9.17, 15) is 0 Å². The predicted octanol–water partition coefficient (Wildman–Crippen LogP) is 3.72. The van der Waals surface area contributed by atoms with Crippen LogP contribution in [0.25, 0.3) is 0 Å². The van der Waals surface area contributed by atoms with Crippen molar-refractivity contribution < 1.29 is 0 Å². The summed E-state index contributed by atoms with van der Waals surface area (Å²) in [6, 6.07) is 12.9. The van der Waals surface area contributed by atoms with E-state index in [1.807, 2.05) is 6.20 Å². The normalized spacial score (nSPS) is 10.4. The molecule has 0 unspecified atom stereocenters. The molecular formula is C16H20N2. The Morgan fingerprint density at radius 1 is 0.944 bits per heavy atom. The summed E-state index contributed by atoms with van der Waals surface area (Å²) in [7, 11) is 0. The molecule has 2 heteroatoms. The Kier molecular flexibility index (Phi) is 3.98. The average Bonchev–Trinajstić information content (AvgIpc) is 2.39. The molecule has 2 aromatic rings. The van der Waals surface area contributed by atoms with E-state index < -0.39 is 0 Å². The lowest BCUT2D eigenvalue weighted by molar-refractivity contribution is 0.813. The molecule has 0 saturated heterocycles. The van der Waals surface area contributed by atoms with Crippen LogP contribution in [0.15, 0.2) is 42.6 Å². The lowest BCUT2D eigenvalue weighted by atomic mass is 10.1. The van der Waals surface area contributed by atoms with Crippen molar-refractivity contribution >= 4 is 5.82 Å². The fourth-order valence-electron chi connectivity index (χ4n) is 1.92. The van der Waals surface area contributed by atoms with E-state index in [4.69, 9.17) is 0 Å². The van der Waals surface area contributed by atoms with Gasteiger partial charge in [0, 0.05) is 19.3 Å². The van der Waals surface area contributed by atoms with Crippen molar-refractivity contribution in [3.05, 3.63) is 59.3 Å². The van der Waals surface area contributed by atoms with Crippen LogP contribution in [-0.4, -0.2) is 11.5 Å². The lowest BCUT2D eigenvalue weighted by Gasteiger charge is -2.22. The first-order valence-electron chi connectivity index (χ1n) is 6.42. The third kappa shape index (κ3) is 3.10. The minimum absolute atomic E-state index is 0.910. The minimum atomic E-state index is 0.910. The fraction of sp³-hybridized carbons (Fsp3) is 0.312. The zero-order valence-corrected chi connectivity index (χ0v) is 11.4. The Hall–Kier alpha value is -1.83. The molecule has 0 fully saturated rings. The molecule has 0 radical (unpaired) electrons. The van der Waals surface area contributed by atoms with Gasteiger partial charge in [-0.1, -0.05) is 35.9 Å². The third-order valence-corrected chi connectivity index (χ3v) is 3.10. The number of aryl methyl sites for hydroxylation is 2. The van der Waals surface area contributed by atoms with Crippen LogP contribution >= 0.6 is 0 Å². The molecule has 0 aliphatic rings. The van der Waals surface area contributed by atoms with E-state index >= 15 is 0 Å². The van der Waals surface area contributed by atoms with Crippen LogP contribution in [0.1, 0.15) is 23.6 Å². The van der Waals surface area contributed by atoms with Crippen molar-refractivity contribution in [2.24, 2.45) is 0 Å². The van der Waals surface area contributed by atoms with Crippen LogP contribution in [0.5, 0.6) is 0 Å². The Morgan fingerprint density at radius 2 is 1.61 bits per heavy atom. The van der Waals surface area contributed by atoms with E-state index in [-0.39, 0.29) is 0 Å². The van der Waals surface area contributed by atoms with Crippen LogP contribution in [0.3, 0.4) is 0 Å². The van der Waals surface area contributed by atoms with Crippen molar-refractivity contribution in [1.29, 1.82) is 0 Å². The maximum absolute atomic E-state index is 4.49. The van der Waals surface area contributed by atoms with Crippen LogP contribution in [-0.2, 0) is 6.54 Å². The van der Waals surface area contributed by atoms with Gasteiger partial charge in [0.15, 0.2) is 0 Å². The standard InChI is InChI=1S/C16H20N2/c1-4-18(16-10-7-14(3)11-17-16)12-15-8-5-13(2)6-9-15/h5-11H,4,12H2,1-3H3. The quantitative estimate of drug-likeness (QED) is 0.809. The summed E-state index contributed by atoms with van der Waals surface area (Å²) in [4.78, 5) is 6.77. The molecule has 0 aliphatic heterocycles. The summed E-state index contributed by atoms with van der Waals surface area (Å²) < 4.78 is 0. The highest BCUT2D eigenvalue weighted by molar-refractivity contribution is 5.40. The molecule has 0 amide bonds. The second kappa shape index (κ2) is 5.67. The molecule has 0 saturated carbocycles. The molecular weight excluding hydrogens is 220 g/mol. The molecule has 0 aliphatic carbocycles. The number of hydrogen-bond donors (Lipinski definition) is 0. The Labute approximate surface area is 109 Å². The average molecular weight is 240 g/mol. The Morgan fingerprint density at radius 3 is 2.17 bits per heavy atom. The zero-order chi connectivity index (χ0) is 13.0. The van der Waals surface area contributed by atoms with Gasteiger partial charge >= 0.3 is 0 Å². The molecule has 1 aromatic carbocycles. The number of pyridine rings is 1. The highest BCUT2D eigenvalue weighted by atomic mass is 15.2. The van der Waals surface area contributed by atoms with Gasteiger partial charge in [0.1, 0.15) is 5.82 Å². The van der Waals surface area contributed by atoms with Gasteiger partial charge in [-0.05, 0) is 38.0 Å². The highest BCUT2D eigenvalue weighted by Gasteiger charge is 2.06. The van der Waals surface area contributed by atoms with Crippen LogP contribution in [0.4, 0.5) is 5.82 Å². The molecule has 1 aromatic heterocycles. The van der Waals surface area contributed by atoms with E-state index in [1.54, 1.807) is 0 Å². The number of rotatable bonds is 4. The first kappa shape index (κ1) is 12.6. The summed E-state index contributed by atoms with van der Waals surface area (Å²) in [6.07, 6.45) is 1.92. The van der Waals surface area contributed by atoms with Gasteiger partial charge in [-0.2, -0.15) is 0 Å². The van der Waals surface area contributed by atoms with Crippen LogP contribution < -0.4 is 4.90 Å². The Bertz CT molecular complexity index is 486. The Balaban J connectivity index is 2.14. The molecule has 0 spiro atoms. The van der Waals surface area contributed by atoms with Crippen molar-refractivity contribution in [3.63, 3.8) is 0 Å². The number of hydrogen-bond acceptors (Lipinski definition) is 2. The molecule has 2 rings (SSSR count). The summed E-state index contributed by atoms with van der Waals surface area (Å²) in [5.41, 5.74) is 3.82. The van der Waals surface area contributed by atoms with Gasteiger partial charge in [0.25, 0.3) is 0 Å². The summed E-state index contributed by atoms with van der Waals surface area (Å²) in [6.45, 7) is 8.21. The maximum atomic E-state index is 4.49. The summed E-state index contributed by atoms with van der Waals surface area (Å²) in [5, 5.41) is 0. The van der Waals surface area contributed by atoms with Crippen molar-refractivity contribution in [1.82, 2.24) is 4.98 Å². The van der Waals surface area contributed by atoms with Gasteiger partial charge in [-0.3, -0.25) is 0 Å². The van der Waals surface area contributed by atoms with Gasteiger partial charge < -0.3 is 4.90 Å².